The van der Waals surface area contributed by atoms with Crippen molar-refractivity contribution in [1.29, 1.82) is 0 Å². The number of hydrogen-bond donors (Lipinski definition) is 4. The molecular formula is C10H13N5O6. The lowest BCUT2D eigenvalue weighted by Gasteiger charge is -2.19. The number of nitrogens with one attached hydrogen (secondary N) is 1. The van der Waals surface area contributed by atoms with E-state index in [1.54, 1.807) is 0 Å². The van der Waals surface area contributed by atoms with E-state index >= 15 is 0 Å². The number of azide groups is 1. The van der Waals surface area contributed by atoms with E-state index in [2.05, 4.69) is 10.0 Å². The first kappa shape index (κ1) is 15.2. The van der Waals surface area contributed by atoms with Gasteiger partial charge in [-0.25, -0.2) is 4.79 Å². The SMILES string of the molecule is [N-]=[N+]=NCC(O)[C@H]1O[C@@H](n2ccc(=O)[nH]c2=O)[C@H](O)[C@@H]1O. The van der Waals surface area contributed by atoms with Gasteiger partial charge in [0, 0.05) is 17.2 Å². The Bertz CT molecular complexity index is 664. The van der Waals surface area contributed by atoms with Gasteiger partial charge in [0.15, 0.2) is 6.23 Å². The fourth-order valence-electron chi connectivity index (χ4n) is 2.09. The molecule has 4 N–H and O–H groups in total. The van der Waals surface area contributed by atoms with Crippen LogP contribution < -0.4 is 11.2 Å². The topological polar surface area (TPSA) is 174 Å². The lowest BCUT2D eigenvalue weighted by molar-refractivity contribution is -0.0828. The van der Waals surface area contributed by atoms with Crippen LogP contribution in [0.1, 0.15) is 6.23 Å². The van der Waals surface area contributed by atoms with E-state index < -0.39 is 41.9 Å². The maximum Gasteiger partial charge on any atom is 0.330 e. The van der Waals surface area contributed by atoms with Crippen molar-refractivity contribution in [3.05, 3.63) is 43.5 Å². The molecule has 5 atom stereocenters. The molecule has 1 fully saturated rings. The van der Waals surface area contributed by atoms with Crippen LogP contribution in [0, 0.1) is 0 Å². The highest BCUT2D eigenvalue weighted by molar-refractivity contribution is 4.95. The number of ether oxygens (including phenoxy) is 1. The molecule has 11 heteroatoms. The van der Waals surface area contributed by atoms with E-state index in [0.29, 0.717) is 0 Å². The second kappa shape index (κ2) is 6.08. The van der Waals surface area contributed by atoms with Crippen LogP contribution in [0.2, 0.25) is 0 Å². The van der Waals surface area contributed by atoms with Gasteiger partial charge in [-0.15, -0.1) is 0 Å². The van der Waals surface area contributed by atoms with Crippen molar-refractivity contribution >= 4 is 0 Å². The number of aromatic amines is 1. The first-order valence-electron chi connectivity index (χ1n) is 5.97. The summed E-state index contributed by atoms with van der Waals surface area (Å²) in [5.41, 5.74) is 6.73. The summed E-state index contributed by atoms with van der Waals surface area (Å²) in [6, 6.07) is 1.05. The average molecular weight is 299 g/mol. The lowest BCUT2D eigenvalue weighted by atomic mass is 10.1. The van der Waals surface area contributed by atoms with Gasteiger partial charge in [-0.3, -0.25) is 14.3 Å². The summed E-state index contributed by atoms with van der Waals surface area (Å²) < 4.78 is 6.14. The number of aromatic nitrogens is 2. The van der Waals surface area contributed by atoms with Gasteiger partial charge in [-0.2, -0.15) is 0 Å². The molecule has 0 saturated carbocycles. The molecule has 2 rings (SSSR count). The van der Waals surface area contributed by atoms with Gasteiger partial charge in [-0.05, 0) is 5.53 Å². The van der Waals surface area contributed by atoms with E-state index in [1.165, 1.54) is 0 Å². The van der Waals surface area contributed by atoms with Crippen LogP contribution in [0.4, 0.5) is 0 Å². The number of rotatable bonds is 4. The Morgan fingerprint density at radius 3 is 2.81 bits per heavy atom. The highest BCUT2D eigenvalue weighted by Gasteiger charge is 2.46. The first-order valence-corrected chi connectivity index (χ1v) is 5.97. The normalized spacial score (nSPS) is 29.9. The standard InChI is InChI=1S/C10H13N5O6/c11-14-12-3-4(16)8-6(18)7(19)9(21-8)15-2-1-5(17)13-10(15)20/h1-2,4,6-9,16,18-19H,3H2,(H,13,17,20)/t4?,6-,7+,8+,9+/m0/s1. The Kier molecular flexibility index (Phi) is 4.40. The summed E-state index contributed by atoms with van der Waals surface area (Å²) in [4.78, 5) is 27.1. The first-order chi connectivity index (χ1) is 9.95. The number of nitrogens with zero attached hydrogens (tertiary/aromatic N) is 4. The van der Waals surface area contributed by atoms with Crippen LogP contribution in [-0.4, -0.2) is 55.8 Å². The molecule has 11 nitrogen and oxygen atoms in total. The smallest absolute Gasteiger partial charge is 0.330 e. The summed E-state index contributed by atoms with van der Waals surface area (Å²) in [7, 11) is 0. The second-order valence-corrected chi connectivity index (χ2v) is 4.47. The molecule has 1 aromatic heterocycles. The molecule has 0 amide bonds. The Labute approximate surface area is 116 Å². The second-order valence-electron chi connectivity index (χ2n) is 4.47. The van der Waals surface area contributed by atoms with Gasteiger partial charge in [-0.1, -0.05) is 5.11 Å². The van der Waals surface area contributed by atoms with E-state index in [9.17, 15) is 24.9 Å². The molecule has 2 heterocycles. The number of H-pyrrole nitrogens is 1. The molecule has 0 aromatic carbocycles. The highest BCUT2D eigenvalue weighted by atomic mass is 16.6. The summed E-state index contributed by atoms with van der Waals surface area (Å²) in [5.74, 6) is 0. The van der Waals surface area contributed by atoms with Crippen molar-refractivity contribution in [1.82, 2.24) is 9.55 Å². The fraction of sp³-hybridized carbons (Fsp3) is 0.600. The predicted molar refractivity (Wildman–Crippen MR) is 67.3 cm³/mol. The predicted octanol–water partition coefficient (Wildman–Crippen LogP) is -2.17. The minimum absolute atomic E-state index is 0.363. The third-order valence-corrected chi connectivity index (χ3v) is 3.11. The molecule has 21 heavy (non-hydrogen) atoms. The fourth-order valence-corrected chi connectivity index (χ4v) is 2.09. The van der Waals surface area contributed by atoms with Crippen LogP contribution in [0.15, 0.2) is 27.0 Å². The average Bonchev–Trinajstić information content (AvgIpc) is 2.73. The Morgan fingerprint density at radius 2 is 2.19 bits per heavy atom. The summed E-state index contributed by atoms with van der Waals surface area (Å²) in [5, 5.41) is 32.6. The summed E-state index contributed by atoms with van der Waals surface area (Å²) in [6.07, 6.45) is -5.76. The van der Waals surface area contributed by atoms with Crippen LogP contribution >= 0.6 is 0 Å². The molecule has 114 valence electrons. The van der Waals surface area contributed by atoms with Crippen LogP contribution in [0.5, 0.6) is 0 Å². The van der Waals surface area contributed by atoms with Crippen LogP contribution in [0.3, 0.4) is 0 Å². The van der Waals surface area contributed by atoms with Crippen molar-refractivity contribution in [2.75, 3.05) is 6.54 Å². The zero-order valence-electron chi connectivity index (χ0n) is 10.6. The quantitative estimate of drug-likeness (QED) is 0.279. The molecule has 0 aliphatic carbocycles. The van der Waals surface area contributed by atoms with E-state index in [4.69, 9.17) is 10.3 Å². The van der Waals surface area contributed by atoms with Gasteiger partial charge in [0.2, 0.25) is 0 Å². The molecule has 1 aliphatic rings. The molecule has 1 saturated heterocycles. The van der Waals surface area contributed by atoms with Crippen molar-refractivity contribution < 1.29 is 20.1 Å². The number of aliphatic hydroxyl groups is 3. The maximum atomic E-state index is 11.6. The molecular weight excluding hydrogens is 286 g/mol. The minimum Gasteiger partial charge on any atom is -0.390 e. The van der Waals surface area contributed by atoms with Crippen molar-refractivity contribution in [2.24, 2.45) is 5.11 Å². The third kappa shape index (κ3) is 2.96. The number of hydrogen-bond acceptors (Lipinski definition) is 7. The zero-order valence-corrected chi connectivity index (χ0v) is 10.6. The summed E-state index contributed by atoms with van der Waals surface area (Å²) in [6.45, 7) is -0.363. The van der Waals surface area contributed by atoms with Gasteiger partial charge in [0.25, 0.3) is 5.56 Å². The molecule has 1 aromatic rings. The highest BCUT2D eigenvalue weighted by Crippen LogP contribution is 2.30. The van der Waals surface area contributed by atoms with Crippen molar-refractivity contribution in [2.45, 2.75) is 30.6 Å². The largest absolute Gasteiger partial charge is 0.390 e. The minimum atomic E-state index is -1.50. The maximum absolute atomic E-state index is 11.6. The Morgan fingerprint density at radius 1 is 1.48 bits per heavy atom. The molecule has 1 aliphatic heterocycles. The van der Waals surface area contributed by atoms with Gasteiger partial charge in [0.1, 0.15) is 18.3 Å². The zero-order chi connectivity index (χ0) is 15.6. The van der Waals surface area contributed by atoms with Gasteiger partial charge >= 0.3 is 5.69 Å². The third-order valence-electron chi connectivity index (χ3n) is 3.11. The molecule has 0 radical (unpaired) electrons. The Balaban J connectivity index is 2.25. The molecule has 1 unspecified atom stereocenters. The van der Waals surface area contributed by atoms with Crippen LogP contribution in [-0.2, 0) is 4.74 Å². The van der Waals surface area contributed by atoms with Crippen molar-refractivity contribution in [3.8, 4) is 0 Å². The summed E-state index contributed by atoms with van der Waals surface area (Å²) >= 11 is 0. The van der Waals surface area contributed by atoms with E-state index in [-0.39, 0.29) is 6.54 Å². The molecule has 0 bridgehead atoms. The van der Waals surface area contributed by atoms with Gasteiger partial charge < -0.3 is 20.1 Å². The number of aliphatic hydroxyl groups excluding tert-OH is 3. The van der Waals surface area contributed by atoms with E-state index in [1.807, 2.05) is 4.98 Å². The van der Waals surface area contributed by atoms with E-state index in [0.717, 1.165) is 16.8 Å². The van der Waals surface area contributed by atoms with Crippen LogP contribution in [0.25, 0.3) is 10.4 Å². The van der Waals surface area contributed by atoms with Gasteiger partial charge in [0.05, 0.1) is 12.6 Å². The monoisotopic (exact) mass is 299 g/mol. The molecule has 0 spiro atoms. The Hall–Kier alpha value is -2.17. The van der Waals surface area contributed by atoms with Crippen molar-refractivity contribution in [3.63, 3.8) is 0 Å². The lowest BCUT2D eigenvalue weighted by Crippen LogP contribution is -2.40.